The van der Waals surface area contributed by atoms with E-state index in [-0.39, 0.29) is 36.0 Å². The third-order valence-corrected chi connectivity index (χ3v) is 7.03. The molecule has 1 fully saturated rings. The summed E-state index contributed by atoms with van der Waals surface area (Å²) in [4.78, 5) is 41.1. The van der Waals surface area contributed by atoms with Crippen LogP contribution in [0, 0.1) is 11.8 Å². The van der Waals surface area contributed by atoms with Gasteiger partial charge in [0.15, 0.2) is 0 Å². The Morgan fingerprint density at radius 2 is 1.91 bits per heavy atom. The Hall–Kier alpha value is -3.69. The first-order valence-corrected chi connectivity index (χ1v) is 11.8. The van der Waals surface area contributed by atoms with Crippen LogP contribution in [0.1, 0.15) is 35.3 Å². The van der Waals surface area contributed by atoms with Crippen molar-refractivity contribution in [1.82, 2.24) is 29.7 Å². The summed E-state index contributed by atoms with van der Waals surface area (Å²) >= 11 is 0. The molecule has 1 saturated heterocycles. The van der Waals surface area contributed by atoms with E-state index >= 15 is 0 Å². The number of allylic oxidation sites excluding steroid dienone is 1. The highest BCUT2D eigenvalue weighted by Gasteiger charge is 2.55. The van der Waals surface area contributed by atoms with E-state index in [1.807, 2.05) is 43.3 Å². The van der Waals surface area contributed by atoms with Gasteiger partial charge in [-0.25, -0.2) is 9.97 Å². The molecule has 0 bridgehead atoms. The molecule has 9 heteroatoms. The van der Waals surface area contributed by atoms with Crippen molar-refractivity contribution in [3.8, 4) is 0 Å². The predicted octanol–water partition coefficient (Wildman–Crippen LogP) is 1.55. The number of rotatable bonds is 7. The van der Waals surface area contributed by atoms with Crippen molar-refractivity contribution in [1.29, 1.82) is 0 Å². The Morgan fingerprint density at radius 3 is 2.63 bits per heavy atom. The van der Waals surface area contributed by atoms with E-state index in [0.717, 1.165) is 16.8 Å². The molecule has 35 heavy (non-hydrogen) atoms. The number of hydrogen-bond acceptors (Lipinski definition) is 7. The molecule has 1 amide bonds. The van der Waals surface area contributed by atoms with Crippen LogP contribution in [0.15, 0.2) is 66.3 Å². The van der Waals surface area contributed by atoms with Gasteiger partial charge in [0.1, 0.15) is 6.33 Å². The van der Waals surface area contributed by atoms with E-state index in [1.165, 1.54) is 6.33 Å². The largest absolute Gasteiger partial charge is 0.396 e. The fraction of sp³-hybridized carbons (Fsp3) is 0.346. The first-order valence-electron chi connectivity index (χ1n) is 11.8. The third-order valence-electron chi connectivity index (χ3n) is 7.03. The number of fused-ring (bicyclic) bond motifs is 3. The number of amides is 1. The molecule has 3 aromatic heterocycles. The number of nitrogens with one attached hydrogen (secondary N) is 1. The quantitative estimate of drug-likeness (QED) is 0.536. The maximum absolute atomic E-state index is 13.5. The van der Waals surface area contributed by atoms with Crippen molar-refractivity contribution in [3.05, 3.63) is 94.2 Å². The highest BCUT2D eigenvalue weighted by molar-refractivity contribution is 5.82. The Kier molecular flexibility index (Phi) is 6.52. The average molecular weight is 473 g/mol. The van der Waals surface area contributed by atoms with Crippen LogP contribution in [0.25, 0.3) is 6.08 Å². The second-order valence-electron chi connectivity index (χ2n) is 9.02. The second-order valence-corrected chi connectivity index (χ2v) is 9.02. The second kappa shape index (κ2) is 9.89. The van der Waals surface area contributed by atoms with E-state index in [1.54, 1.807) is 29.4 Å². The summed E-state index contributed by atoms with van der Waals surface area (Å²) < 4.78 is 1.80. The van der Waals surface area contributed by atoms with Crippen molar-refractivity contribution in [2.45, 2.75) is 38.6 Å². The number of hydrogen-bond donors (Lipinski definition) is 2. The van der Waals surface area contributed by atoms with Gasteiger partial charge >= 0.3 is 0 Å². The van der Waals surface area contributed by atoms with Gasteiger partial charge in [-0.05, 0) is 36.8 Å². The summed E-state index contributed by atoms with van der Waals surface area (Å²) in [6.07, 6.45) is 12.0. The van der Waals surface area contributed by atoms with Crippen molar-refractivity contribution >= 4 is 12.0 Å². The van der Waals surface area contributed by atoms with Crippen LogP contribution < -0.4 is 10.9 Å². The van der Waals surface area contributed by atoms with Gasteiger partial charge in [0, 0.05) is 79.7 Å². The lowest BCUT2D eigenvalue weighted by Gasteiger charge is -2.30. The Morgan fingerprint density at radius 1 is 1.14 bits per heavy atom. The first kappa shape index (κ1) is 23.1. The Bertz CT molecular complexity index is 1280. The molecule has 2 aliphatic rings. The van der Waals surface area contributed by atoms with Gasteiger partial charge in [0.2, 0.25) is 5.91 Å². The van der Waals surface area contributed by atoms with Crippen LogP contribution in [0.5, 0.6) is 0 Å². The fourth-order valence-electron chi connectivity index (χ4n) is 5.52. The van der Waals surface area contributed by atoms with Gasteiger partial charge in [-0.2, -0.15) is 0 Å². The van der Waals surface area contributed by atoms with Crippen molar-refractivity contribution in [2.75, 3.05) is 6.61 Å². The van der Waals surface area contributed by atoms with Crippen LogP contribution in [0.4, 0.5) is 0 Å². The number of aromatic nitrogens is 4. The van der Waals surface area contributed by atoms with Gasteiger partial charge < -0.3 is 15.0 Å². The van der Waals surface area contributed by atoms with Gasteiger partial charge in [0.25, 0.3) is 5.56 Å². The zero-order valence-corrected chi connectivity index (χ0v) is 19.5. The van der Waals surface area contributed by atoms with E-state index in [2.05, 4.69) is 25.2 Å². The van der Waals surface area contributed by atoms with E-state index in [0.29, 0.717) is 25.2 Å². The molecule has 0 aromatic carbocycles. The van der Waals surface area contributed by atoms with Crippen LogP contribution in [-0.2, 0) is 24.4 Å². The highest BCUT2D eigenvalue weighted by Crippen LogP contribution is 2.49. The topological polar surface area (TPSA) is 113 Å². The highest BCUT2D eigenvalue weighted by atomic mass is 16.3. The molecule has 0 radical (unpaired) electrons. The average Bonchev–Trinajstić information content (AvgIpc) is 3.41. The maximum atomic E-state index is 13.5. The van der Waals surface area contributed by atoms with Crippen molar-refractivity contribution in [3.63, 3.8) is 0 Å². The first-order chi connectivity index (χ1) is 17.1. The molecule has 2 aliphatic heterocycles. The smallest absolute Gasteiger partial charge is 0.258 e. The third kappa shape index (κ3) is 4.28. The number of pyridine rings is 2. The zero-order chi connectivity index (χ0) is 24.4. The molecule has 180 valence electrons. The normalized spacial score (nSPS) is 23.4. The van der Waals surface area contributed by atoms with Gasteiger partial charge in [-0.1, -0.05) is 12.2 Å². The summed E-state index contributed by atoms with van der Waals surface area (Å²) in [7, 11) is 0. The summed E-state index contributed by atoms with van der Waals surface area (Å²) in [6.45, 7) is 2.99. The molecule has 3 aromatic rings. The minimum absolute atomic E-state index is 0.0478. The summed E-state index contributed by atoms with van der Waals surface area (Å²) in [5, 5.41) is 13.5. The van der Waals surface area contributed by atoms with E-state index in [9.17, 15) is 14.7 Å². The molecule has 2 N–H and O–H groups in total. The monoisotopic (exact) mass is 472 g/mol. The summed E-state index contributed by atoms with van der Waals surface area (Å²) in [6, 6.07) is 6.79. The number of carbonyl (C=O) groups excluding carboxylic acids is 1. The van der Waals surface area contributed by atoms with Crippen LogP contribution >= 0.6 is 0 Å². The van der Waals surface area contributed by atoms with Crippen LogP contribution in [0.2, 0.25) is 0 Å². The van der Waals surface area contributed by atoms with Crippen LogP contribution in [-0.4, -0.2) is 48.1 Å². The lowest BCUT2D eigenvalue weighted by atomic mass is 9.88. The standard InChI is InChI=1S/C26H28N6O3/c1-2-3-19-4-5-22-23-20(14-31(22)26(19)35)21(15-33)24(32(23)13-18-10-28-16-29-11-18)25(34)30-12-17-6-8-27-9-7-17/h2-11,16,20-21,23-24,33H,12-15H2,1H3,(H,30,34)/b3-2+/t20-,21-,23+,24-/m0/s1. The zero-order valence-electron chi connectivity index (χ0n) is 19.5. The Balaban J connectivity index is 1.51. The number of aliphatic hydroxyl groups excluding tert-OH is 1. The molecule has 9 nitrogen and oxygen atoms in total. The maximum Gasteiger partial charge on any atom is 0.258 e. The minimum Gasteiger partial charge on any atom is -0.396 e. The van der Waals surface area contributed by atoms with Crippen LogP contribution in [0.3, 0.4) is 0 Å². The summed E-state index contributed by atoms with van der Waals surface area (Å²) in [5.74, 6) is -0.548. The molecule has 0 saturated carbocycles. The molecule has 5 heterocycles. The SMILES string of the molecule is C/C=C/c1ccc2n(c1=O)C[C@H]1[C@H](CO)[C@@H](C(=O)NCc3ccncc3)N(Cc3cncnc3)[C@@H]21. The van der Waals surface area contributed by atoms with Gasteiger partial charge in [0.05, 0.1) is 12.1 Å². The molecular weight excluding hydrogens is 444 g/mol. The predicted molar refractivity (Wildman–Crippen MR) is 130 cm³/mol. The van der Waals surface area contributed by atoms with Crippen molar-refractivity contribution in [2.24, 2.45) is 11.8 Å². The fourth-order valence-corrected chi connectivity index (χ4v) is 5.52. The number of likely N-dealkylation sites (tertiary alicyclic amines) is 1. The molecular formula is C26H28N6O3. The molecule has 0 spiro atoms. The van der Waals surface area contributed by atoms with E-state index in [4.69, 9.17) is 0 Å². The van der Waals surface area contributed by atoms with Crippen molar-refractivity contribution < 1.29 is 9.90 Å². The van der Waals surface area contributed by atoms with Gasteiger partial charge in [-0.15, -0.1) is 0 Å². The molecule has 5 rings (SSSR count). The molecule has 0 aliphatic carbocycles. The number of nitrogens with zero attached hydrogens (tertiary/aromatic N) is 5. The Labute approximate surface area is 203 Å². The lowest BCUT2D eigenvalue weighted by Crippen LogP contribution is -2.48. The lowest BCUT2D eigenvalue weighted by molar-refractivity contribution is -0.128. The van der Waals surface area contributed by atoms with Gasteiger partial charge in [-0.3, -0.25) is 19.5 Å². The van der Waals surface area contributed by atoms with E-state index < -0.39 is 6.04 Å². The molecule has 4 atom stereocenters. The number of carbonyl (C=O) groups is 1. The summed E-state index contributed by atoms with van der Waals surface area (Å²) in [5.41, 5.74) is 3.26. The molecule has 0 unspecified atom stereocenters. The number of aliphatic hydroxyl groups is 1. The minimum atomic E-state index is -0.559.